The Labute approximate surface area is 128 Å². The van der Waals surface area contributed by atoms with Gasteiger partial charge in [0.15, 0.2) is 0 Å². The van der Waals surface area contributed by atoms with Gasteiger partial charge >= 0.3 is 0 Å². The number of hydrogen-bond acceptors (Lipinski definition) is 3. The van der Waals surface area contributed by atoms with Gasteiger partial charge in [-0.2, -0.15) is 0 Å². The quantitative estimate of drug-likeness (QED) is 0.697. The van der Waals surface area contributed by atoms with Crippen molar-refractivity contribution in [2.75, 3.05) is 32.7 Å². The van der Waals surface area contributed by atoms with Crippen LogP contribution in [0.2, 0.25) is 0 Å². The van der Waals surface area contributed by atoms with Crippen molar-refractivity contribution in [3.8, 4) is 0 Å². The molecule has 0 bridgehead atoms. The molecule has 2 N–H and O–H groups in total. The Balaban J connectivity index is 1.78. The second-order valence-electron chi connectivity index (χ2n) is 5.42. The highest BCUT2D eigenvalue weighted by atomic mass is 15.1. The van der Waals surface area contributed by atoms with E-state index in [1.807, 2.05) is 0 Å². The average Bonchev–Trinajstić information content (AvgIpc) is 2.92. The van der Waals surface area contributed by atoms with E-state index >= 15 is 0 Å². The lowest BCUT2D eigenvalue weighted by molar-refractivity contribution is 0.303. The number of likely N-dealkylation sites (N-methyl/N-ethyl adjacent to an activating group) is 1. The van der Waals surface area contributed by atoms with E-state index in [2.05, 4.69) is 59.2 Å². The lowest BCUT2D eigenvalue weighted by Crippen LogP contribution is -2.32. The second-order valence-corrected chi connectivity index (χ2v) is 5.42. The molecule has 4 nitrogen and oxygen atoms in total. The van der Waals surface area contributed by atoms with Crippen LogP contribution in [-0.2, 0) is 12.8 Å². The molecule has 0 fully saturated rings. The van der Waals surface area contributed by atoms with Gasteiger partial charge in [0.25, 0.3) is 0 Å². The van der Waals surface area contributed by atoms with Crippen LogP contribution >= 0.6 is 0 Å². The summed E-state index contributed by atoms with van der Waals surface area (Å²) < 4.78 is 0. The van der Waals surface area contributed by atoms with Crippen LogP contribution in [0, 0.1) is 0 Å². The van der Waals surface area contributed by atoms with Crippen LogP contribution < -0.4 is 5.32 Å². The number of fused-ring (bicyclic) bond motifs is 1. The summed E-state index contributed by atoms with van der Waals surface area (Å²) in [7, 11) is 0. The molecule has 1 heterocycles. The zero-order valence-electron chi connectivity index (χ0n) is 13.6. The fourth-order valence-electron chi connectivity index (χ4n) is 2.56. The lowest BCUT2D eigenvalue weighted by Gasteiger charge is -2.17. The SMILES string of the molecule is CCc1ccc2nc(CCNCCN(CC)CC)[nH]c2c1. The maximum atomic E-state index is 4.65. The normalized spacial score (nSPS) is 11.6. The first-order chi connectivity index (χ1) is 10.3. The summed E-state index contributed by atoms with van der Waals surface area (Å²) in [6, 6.07) is 6.48. The molecular formula is C17H28N4. The number of hydrogen-bond donors (Lipinski definition) is 2. The number of nitrogens with one attached hydrogen (secondary N) is 2. The zero-order valence-corrected chi connectivity index (χ0v) is 13.6. The molecule has 21 heavy (non-hydrogen) atoms. The van der Waals surface area contributed by atoms with Crippen LogP contribution in [0.3, 0.4) is 0 Å². The molecule has 2 rings (SSSR count). The summed E-state index contributed by atoms with van der Waals surface area (Å²) in [4.78, 5) is 10.5. The van der Waals surface area contributed by atoms with Crippen LogP contribution in [0.5, 0.6) is 0 Å². The van der Waals surface area contributed by atoms with Gasteiger partial charge in [-0.3, -0.25) is 0 Å². The molecule has 0 saturated heterocycles. The summed E-state index contributed by atoms with van der Waals surface area (Å²) >= 11 is 0. The Morgan fingerprint density at radius 1 is 1.14 bits per heavy atom. The molecule has 0 aliphatic carbocycles. The van der Waals surface area contributed by atoms with Gasteiger partial charge in [0.05, 0.1) is 11.0 Å². The van der Waals surface area contributed by atoms with E-state index in [1.54, 1.807) is 0 Å². The fraction of sp³-hybridized carbons (Fsp3) is 0.588. The highest BCUT2D eigenvalue weighted by molar-refractivity contribution is 5.75. The summed E-state index contributed by atoms with van der Waals surface area (Å²) in [6.07, 6.45) is 2.02. The number of imidazole rings is 1. The van der Waals surface area contributed by atoms with Crippen molar-refractivity contribution in [3.63, 3.8) is 0 Å². The van der Waals surface area contributed by atoms with E-state index in [0.717, 1.165) is 62.4 Å². The number of nitrogens with zero attached hydrogens (tertiary/aromatic N) is 2. The third kappa shape index (κ3) is 4.55. The van der Waals surface area contributed by atoms with E-state index in [9.17, 15) is 0 Å². The molecule has 0 saturated carbocycles. The van der Waals surface area contributed by atoms with Crippen LogP contribution in [0.15, 0.2) is 18.2 Å². The van der Waals surface area contributed by atoms with Crippen molar-refractivity contribution in [1.82, 2.24) is 20.2 Å². The minimum Gasteiger partial charge on any atom is -0.342 e. The van der Waals surface area contributed by atoms with Gasteiger partial charge in [-0.25, -0.2) is 4.98 Å². The summed E-state index contributed by atoms with van der Waals surface area (Å²) in [6.45, 7) is 12.0. The molecule has 0 radical (unpaired) electrons. The molecule has 1 aromatic carbocycles. The first-order valence-corrected chi connectivity index (χ1v) is 8.17. The summed E-state index contributed by atoms with van der Waals surface area (Å²) in [5.74, 6) is 1.08. The van der Waals surface area contributed by atoms with Crippen molar-refractivity contribution < 1.29 is 0 Å². The van der Waals surface area contributed by atoms with E-state index in [-0.39, 0.29) is 0 Å². The molecule has 2 aromatic rings. The fourth-order valence-corrected chi connectivity index (χ4v) is 2.56. The van der Waals surface area contributed by atoms with Crippen LogP contribution in [-0.4, -0.2) is 47.6 Å². The number of H-pyrrole nitrogens is 1. The number of benzene rings is 1. The number of aromatic amines is 1. The molecular weight excluding hydrogens is 260 g/mol. The monoisotopic (exact) mass is 288 g/mol. The first kappa shape index (κ1) is 16.0. The number of rotatable bonds is 9. The van der Waals surface area contributed by atoms with Gasteiger partial charge in [-0.15, -0.1) is 0 Å². The minimum absolute atomic E-state index is 0.953. The average molecular weight is 288 g/mol. The highest BCUT2D eigenvalue weighted by Gasteiger charge is 2.03. The molecule has 4 heteroatoms. The van der Waals surface area contributed by atoms with Crippen LogP contribution in [0.25, 0.3) is 11.0 Å². The molecule has 0 spiro atoms. The topological polar surface area (TPSA) is 44.0 Å². The Hall–Kier alpha value is -1.39. The van der Waals surface area contributed by atoms with Crippen molar-refractivity contribution >= 4 is 11.0 Å². The number of aromatic nitrogens is 2. The van der Waals surface area contributed by atoms with Crippen LogP contribution in [0.1, 0.15) is 32.2 Å². The number of aryl methyl sites for hydroxylation is 1. The second kappa shape index (κ2) is 8.15. The van der Waals surface area contributed by atoms with Crippen molar-refractivity contribution in [3.05, 3.63) is 29.6 Å². The van der Waals surface area contributed by atoms with Gasteiger partial charge in [-0.05, 0) is 37.2 Å². The van der Waals surface area contributed by atoms with Crippen molar-refractivity contribution in [2.45, 2.75) is 33.6 Å². The molecule has 0 aliphatic heterocycles. The molecule has 116 valence electrons. The van der Waals surface area contributed by atoms with E-state index in [0.29, 0.717) is 0 Å². The predicted octanol–water partition coefficient (Wildman–Crippen LogP) is 2.60. The minimum atomic E-state index is 0.953. The maximum Gasteiger partial charge on any atom is 0.108 e. The Morgan fingerprint density at radius 2 is 1.95 bits per heavy atom. The highest BCUT2D eigenvalue weighted by Crippen LogP contribution is 2.14. The molecule has 0 atom stereocenters. The predicted molar refractivity (Wildman–Crippen MR) is 89.8 cm³/mol. The molecule has 0 aliphatic rings. The van der Waals surface area contributed by atoms with Crippen LogP contribution in [0.4, 0.5) is 0 Å². The Bertz CT molecular complexity index is 543. The Morgan fingerprint density at radius 3 is 2.67 bits per heavy atom. The van der Waals surface area contributed by atoms with Gasteiger partial charge in [0.1, 0.15) is 5.82 Å². The zero-order chi connectivity index (χ0) is 15.1. The first-order valence-electron chi connectivity index (χ1n) is 8.17. The molecule has 0 amide bonds. The van der Waals surface area contributed by atoms with Crippen molar-refractivity contribution in [1.29, 1.82) is 0 Å². The largest absolute Gasteiger partial charge is 0.342 e. The standard InChI is InChI=1S/C17H28N4/c1-4-14-7-8-15-16(13-14)20-17(19-15)9-10-18-11-12-21(5-2)6-3/h7-8,13,18H,4-6,9-12H2,1-3H3,(H,19,20). The van der Waals surface area contributed by atoms with Crippen molar-refractivity contribution in [2.24, 2.45) is 0 Å². The smallest absolute Gasteiger partial charge is 0.108 e. The van der Waals surface area contributed by atoms with Gasteiger partial charge < -0.3 is 15.2 Å². The Kier molecular flexibility index (Phi) is 6.21. The van der Waals surface area contributed by atoms with Gasteiger partial charge in [0.2, 0.25) is 0 Å². The van der Waals surface area contributed by atoms with E-state index in [4.69, 9.17) is 0 Å². The lowest BCUT2D eigenvalue weighted by atomic mass is 10.1. The van der Waals surface area contributed by atoms with E-state index in [1.165, 1.54) is 5.56 Å². The van der Waals surface area contributed by atoms with Gasteiger partial charge in [0, 0.05) is 26.1 Å². The molecule has 0 unspecified atom stereocenters. The summed E-state index contributed by atoms with van der Waals surface area (Å²) in [5.41, 5.74) is 3.59. The van der Waals surface area contributed by atoms with Gasteiger partial charge in [-0.1, -0.05) is 26.8 Å². The molecule has 1 aromatic heterocycles. The third-order valence-corrected chi connectivity index (χ3v) is 4.04. The summed E-state index contributed by atoms with van der Waals surface area (Å²) in [5, 5.41) is 3.50. The van der Waals surface area contributed by atoms with E-state index < -0.39 is 0 Å². The maximum absolute atomic E-state index is 4.65. The third-order valence-electron chi connectivity index (χ3n) is 4.04.